The van der Waals surface area contributed by atoms with E-state index >= 15 is 0 Å². The van der Waals surface area contributed by atoms with Gasteiger partial charge < -0.3 is 14.7 Å². The Morgan fingerprint density at radius 3 is 2.09 bits per heavy atom. The summed E-state index contributed by atoms with van der Waals surface area (Å²) >= 11 is 0. The van der Waals surface area contributed by atoms with Gasteiger partial charge in [-0.1, -0.05) is 0 Å². The molecule has 2 aliphatic rings. The molecule has 0 saturated carbocycles. The summed E-state index contributed by atoms with van der Waals surface area (Å²) in [6.07, 6.45) is 1.93. The molecule has 0 aromatic heterocycles. The average molecular weight is 312 g/mol. The molecule has 0 spiro atoms. The van der Waals surface area contributed by atoms with Crippen molar-refractivity contribution in [3.8, 4) is 0 Å². The summed E-state index contributed by atoms with van der Waals surface area (Å²) in [6.45, 7) is 6.24. The Labute approximate surface area is 130 Å². The lowest BCUT2D eigenvalue weighted by Crippen LogP contribution is -2.51. The smallest absolute Gasteiger partial charge is 0.410 e. The topological polar surface area (TPSA) is 87.2 Å². The van der Waals surface area contributed by atoms with Gasteiger partial charge in [0.25, 0.3) is 0 Å². The lowest BCUT2D eigenvalue weighted by molar-refractivity contribution is -0.149. The number of rotatable bonds is 2. The van der Waals surface area contributed by atoms with Gasteiger partial charge >= 0.3 is 12.1 Å². The molecule has 0 bridgehead atoms. The van der Waals surface area contributed by atoms with E-state index in [1.807, 2.05) is 0 Å². The summed E-state index contributed by atoms with van der Waals surface area (Å²) in [6, 6.07) is -1.37. The molecule has 124 valence electrons. The van der Waals surface area contributed by atoms with Gasteiger partial charge in [-0.25, -0.2) is 9.59 Å². The number of hydrogen-bond acceptors (Lipinski definition) is 4. The minimum absolute atomic E-state index is 0.270. The van der Waals surface area contributed by atoms with Gasteiger partial charge in [0.2, 0.25) is 5.91 Å². The number of carboxylic acid groups (broad SMARTS) is 1. The van der Waals surface area contributed by atoms with E-state index in [1.54, 1.807) is 20.8 Å². The summed E-state index contributed by atoms with van der Waals surface area (Å²) in [5.74, 6) is -1.25. The first-order chi connectivity index (χ1) is 10.2. The Hall–Kier alpha value is -1.79. The first kappa shape index (κ1) is 16.6. The summed E-state index contributed by atoms with van der Waals surface area (Å²) in [5.41, 5.74) is -0.621. The van der Waals surface area contributed by atoms with Crippen LogP contribution in [-0.2, 0) is 14.3 Å². The van der Waals surface area contributed by atoms with Gasteiger partial charge in [-0.3, -0.25) is 9.69 Å². The molecule has 1 N–H and O–H groups in total. The Bertz CT molecular complexity index is 471. The number of likely N-dealkylation sites (tertiary alicyclic amines) is 2. The van der Waals surface area contributed by atoms with Crippen molar-refractivity contribution in [2.75, 3.05) is 13.1 Å². The highest BCUT2D eigenvalue weighted by molar-refractivity contribution is 5.90. The van der Waals surface area contributed by atoms with Gasteiger partial charge in [0.15, 0.2) is 0 Å². The maximum Gasteiger partial charge on any atom is 0.410 e. The molecular formula is C15H24N2O5. The zero-order valence-corrected chi connectivity index (χ0v) is 13.4. The van der Waals surface area contributed by atoms with Crippen LogP contribution in [0.3, 0.4) is 0 Å². The van der Waals surface area contributed by atoms with Crippen LogP contribution in [0.15, 0.2) is 0 Å². The molecular weight excluding hydrogens is 288 g/mol. The monoisotopic (exact) mass is 312 g/mol. The van der Waals surface area contributed by atoms with E-state index in [4.69, 9.17) is 4.74 Å². The average Bonchev–Trinajstić information content (AvgIpc) is 3.05. The number of amides is 2. The highest BCUT2D eigenvalue weighted by Crippen LogP contribution is 2.26. The van der Waals surface area contributed by atoms with E-state index in [2.05, 4.69) is 0 Å². The van der Waals surface area contributed by atoms with Crippen LogP contribution >= 0.6 is 0 Å². The summed E-state index contributed by atoms with van der Waals surface area (Å²) < 4.78 is 5.34. The Morgan fingerprint density at radius 1 is 1.00 bits per heavy atom. The molecule has 0 aromatic carbocycles. The van der Waals surface area contributed by atoms with Gasteiger partial charge in [0.1, 0.15) is 17.7 Å². The van der Waals surface area contributed by atoms with Crippen molar-refractivity contribution in [1.82, 2.24) is 9.80 Å². The van der Waals surface area contributed by atoms with Crippen molar-refractivity contribution in [1.29, 1.82) is 0 Å². The second-order valence-electron chi connectivity index (χ2n) is 6.86. The number of aliphatic carboxylic acids is 1. The third-order valence-electron chi connectivity index (χ3n) is 3.99. The van der Waals surface area contributed by atoms with Crippen LogP contribution in [0.25, 0.3) is 0 Å². The minimum Gasteiger partial charge on any atom is -0.480 e. The molecule has 0 radical (unpaired) electrons. The molecule has 7 heteroatoms. The number of hydrogen-bond donors (Lipinski definition) is 1. The van der Waals surface area contributed by atoms with E-state index in [-0.39, 0.29) is 5.91 Å². The third kappa shape index (κ3) is 3.51. The molecule has 0 unspecified atom stereocenters. The number of carbonyl (C=O) groups is 3. The normalized spacial score (nSPS) is 25.4. The largest absolute Gasteiger partial charge is 0.480 e. The molecule has 2 atom stereocenters. The predicted molar refractivity (Wildman–Crippen MR) is 78.3 cm³/mol. The van der Waals surface area contributed by atoms with Gasteiger partial charge in [-0.15, -0.1) is 0 Å². The predicted octanol–water partition coefficient (Wildman–Crippen LogP) is 1.46. The molecule has 2 saturated heterocycles. The van der Waals surface area contributed by atoms with Crippen LogP contribution in [-0.4, -0.2) is 63.7 Å². The summed E-state index contributed by atoms with van der Waals surface area (Å²) in [5, 5.41) is 9.20. The van der Waals surface area contributed by atoms with Gasteiger partial charge in [0, 0.05) is 13.1 Å². The fraction of sp³-hybridized carbons (Fsp3) is 0.800. The van der Waals surface area contributed by atoms with E-state index in [1.165, 1.54) is 9.80 Å². The lowest BCUT2D eigenvalue weighted by atomic mass is 10.1. The fourth-order valence-electron chi connectivity index (χ4n) is 3.04. The first-order valence-corrected chi connectivity index (χ1v) is 7.73. The molecule has 2 rings (SSSR count). The van der Waals surface area contributed by atoms with Gasteiger partial charge in [0.05, 0.1) is 0 Å². The Morgan fingerprint density at radius 2 is 1.55 bits per heavy atom. The highest BCUT2D eigenvalue weighted by atomic mass is 16.6. The highest BCUT2D eigenvalue weighted by Gasteiger charge is 2.43. The molecule has 2 fully saturated rings. The first-order valence-electron chi connectivity index (χ1n) is 7.73. The number of ether oxygens (including phenoxy) is 1. The van der Waals surface area contributed by atoms with E-state index in [0.717, 1.165) is 6.42 Å². The van der Waals surface area contributed by atoms with Crippen molar-refractivity contribution >= 4 is 18.0 Å². The number of nitrogens with zero attached hydrogens (tertiary/aromatic N) is 2. The third-order valence-corrected chi connectivity index (χ3v) is 3.99. The van der Waals surface area contributed by atoms with Crippen molar-refractivity contribution in [3.63, 3.8) is 0 Å². The molecule has 22 heavy (non-hydrogen) atoms. The second kappa shape index (κ2) is 6.14. The molecule has 7 nitrogen and oxygen atoms in total. The standard InChI is InChI=1S/C15H24N2O5/c1-15(2,3)22-14(21)17-9-4-6-10(17)12(18)16-8-5-7-11(16)13(19)20/h10-11H,4-9H2,1-3H3,(H,19,20)/t10-,11-/m1/s1. The fourth-order valence-corrected chi connectivity index (χ4v) is 3.04. The van der Waals surface area contributed by atoms with Crippen LogP contribution in [0.2, 0.25) is 0 Å². The molecule has 0 aromatic rings. The van der Waals surface area contributed by atoms with Gasteiger partial charge in [-0.05, 0) is 46.5 Å². The van der Waals surface area contributed by atoms with Crippen LogP contribution in [0.5, 0.6) is 0 Å². The molecule has 2 aliphatic heterocycles. The van der Waals surface area contributed by atoms with Crippen molar-refractivity contribution in [2.45, 2.75) is 64.1 Å². The minimum atomic E-state index is -0.979. The quantitative estimate of drug-likeness (QED) is 0.834. The molecule has 2 heterocycles. The number of carboxylic acids is 1. The molecule has 2 amide bonds. The molecule has 0 aliphatic carbocycles. The van der Waals surface area contributed by atoms with Crippen molar-refractivity contribution in [3.05, 3.63) is 0 Å². The van der Waals surface area contributed by atoms with E-state index in [9.17, 15) is 19.5 Å². The summed E-state index contributed by atoms with van der Waals surface area (Å²) in [7, 11) is 0. The Balaban J connectivity index is 2.08. The summed E-state index contributed by atoms with van der Waals surface area (Å²) in [4.78, 5) is 38.9. The van der Waals surface area contributed by atoms with E-state index < -0.39 is 29.7 Å². The van der Waals surface area contributed by atoms with Gasteiger partial charge in [-0.2, -0.15) is 0 Å². The lowest BCUT2D eigenvalue weighted by Gasteiger charge is -2.31. The zero-order valence-electron chi connectivity index (χ0n) is 13.4. The van der Waals surface area contributed by atoms with Crippen LogP contribution in [0, 0.1) is 0 Å². The zero-order chi connectivity index (χ0) is 16.5. The second-order valence-corrected chi connectivity index (χ2v) is 6.86. The number of carbonyl (C=O) groups excluding carboxylic acids is 2. The van der Waals surface area contributed by atoms with Crippen LogP contribution < -0.4 is 0 Å². The van der Waals surface area contributed by atoms with Crippen LogP contribution in [0.1, 0.15) is 46.5 Å². The van der Waals surface area contributed by atoms with Crippen LogP contribution in [0.4, 0.5) is 4.79 Å². The van der Waals surface area contributed by atoms with Crippen molar-refractivity contribution < 1.29 is 24.2 Å². The SMILES string of the molecule is CC(C)(C)OC(=O)N1CCC[C@@H]1C(=O)N1CCC[C@@H]1C(=O)O. The van der Waals surface area contributed by atoms with E-state index in [0.29, 0.717) is 32.4 Å². The maximum absolute atomic E-state index is 12.7. The van der Waals surface area contributed by atoms with Crippen molar-refractivity contribution in [2.24, 2.45) is 0 Å². The Kier molecular flexibility index (Phi) is 4.63. The maximum atomic E-state index is 12.7.